The third kappa shape index (κ3) is 8.86. The maximum atomic E-state index is 12.5. The first-order chi connectivity index (χ1) is 14.9. The highest BCUT2D eigenvalue weighted by atomic mass is 16.5. The number of amides is 2. The summed E-state index contributed by atoms with van der Waals surface area (Å²) < 4.78 is 15.3. The van der Waals surface area contributed by atoms with Gasteiger partial charge in [0.25, 0.3) is 0 Å². The van der Waals surface area contributed by atoms with Crippen LogP contribution in [0.4, 0.5) is 0 Å². The fourth-order valence-corrected chi connectivity index (χ4v) is 3.30. The molecular formula is C23H36N2O6. The molecule has 31 heavy (non-hydrogen) atoms. The Morgan fingerprint density at radius 3 is 2.16 bits per heavy atom. The highest BCUT2D eigenvalue weighted by Crippen LogP contribution is 2.31. The van der Waals surface area contributed by atoms with Crippen molar-refractivity contribution in [2.24, 2.45) is 0 Å². The number of methoxy groups -OCH3 is 3. The Bertz CT molecular complexity index is 716. The zero-order valence-electron chi connectivity index (χ0n) is 19.4. The number of carbonyl (C=O) groups is 3. The highest BCUT2D eigenvalue weighted by Gasteiger charge is 2.21. The standard InChI is InChI=1S/C23H36N2O6/c1-6-13-25(14-7-2)22(27)10-8-9-21(26)24-18(16-23(28)31-5)17-11-12-19(29-3)20(15-17)30-4/h11-12,15,18H,6-10,13-14,16H2,1-5H3,(H,24,26). The number of esters is 1. The molecule has 0 aliphatic heterocycles. The lowest BCUT2D eigenvalue weighted by Gasteiger charge is -2.22. The lowest BCUT2D eigenvalue weighted by Crippen LogP contribution is -2.33. The molecule has 1 rings (SSSR count). The van der Waals surface area contributed by atoms with Crippen LogP contribution in [0.2, 0.25) is 0 Å². The van der Waals surface area contributed by atoms with Gasteiger partial charge in [-0.3, -0.25) is 14.4 Å². The van der Waals surface area contributed by atoms with Gasteiger partial charge in [0.05, 0.1) is 33.8 Å². The van der Waals surface area contributed by atoms with Crippen molar-refractivity contribution in [3.8, 4) is 11.5 Å². The summed E-state index contributed by atoms with van der Waals surface area (Å²) in [5.41, 5.74) is 0.699. The summed E-state index contributed by atoms with van der Waals surface area (Å²) in [4.78, 5) is 38.6. The fraction of sp³-hybridized carbons (Fsp3) is 0.609. The summed E-state index contributed by atoms with van der Waals surface area (Å²) in [6.07, 6.45) is 2.77. The van der Waals surface area contributed by atoms with Crippen LogP contribution < -0.4 is 14.8 Å². The summed E-state index contributed by atoms with van der Waals surface area (Å²) in [7, 11) is 4.36. The maximum Gasteiger partial charge on any atom is 0.307 e. The van der Waals surface area contributed by atoms with E-state index in [0.29, 0.717) is 29.9 Å². The third-order valence-corrected chi connectivity index (χ3v) is 4.88. The monoisotopic (exact) mass is 436 g/mol. The van der Waals surface area contributed by atoms with E-state index < -0.39 is 12.0 Å². The van der Waals surface area contributed by atoms with Gasteiger partial charge in [-0.15, -0.1) is 0 Å². The molecule has 0 aromatic heterocycles. The Morgan fingerprint density at radius 2 is 1.61 bits per heavy atom. The molecule has 1 atom stereocenters. The van der Waals surface area contributed by atoms with Gasteiger partial charge < -0.3 is 24.4 Å². The van der Waals surface area contributed by atoms with Crippen molar-refractivity contribution in [1.82, 2.24) is 10.2 Å². The highest BCUT2D eigenvalue weighted by molar-refractivity contribution is 5.80. The molecular weight excluding hydrogens is 400 g/mol. The van der Waals surface area contributed by atoms with Gasteiger partial charge in [0, 0.05) is 25.9 Å². The lowest BCUT2D eigenvalue weighted by atomic mass is 10.0. The Labute approximate surface area is 185 Å². The molecule has 0 heterocycles. The van der Waals surface area contributed by atoms with Gasteiger partial charge in [-0.05, 0) is 37.0 Å². The Morgan fingerprint density at radius 1 is 0.968 bits per heavy atom. The molecule has 8 nitrogen and oxygen atoms in total. The van der Waals surface area contributed by atoms with Crippen LogP contribution in [-0.2, 0) is 19.1 Å². The molecule has 174 valence electrons. The van der Waals surface area contributed by atoms with E-state index in [-0.39, 0.29) is 24.7 Å². The minimum absolute atomic E-state index is 0.0164. The Kier molecular flexibility index (Phi) is 12.1. The van der Waals surface area contributed by atoms with Gasteiger partial charge in [0.1, 0.15) is 0 Å². The summed E-state index contributed by atoms with van der Waals surface area (Å²) >= 11 is 0. The first-order valence-corrected chi connectivity index (χ1v) is 10.8. The molecule has 0 fully saturated rings. The second-order valence-electron chi connectivity index (χ2n) is 7.25. The Hall–Kier alpha value is -2.77. The van der Waals surface area contributed by atoms with E-state index in [2.05, 4.69) is 5.32 Å². The predicted octanol–water partition coefficient (Wildman–Crippen LogP) is 3.24. The number of hydrogen-bond acceptors (Lipinski definition) is 6. The average Bonchev–Trinajstić information content (AvgIpc) is 2.77. The zero-order chi connectivity index (χ0) is 23.2. The molecule has 0 radical (unpaired) electrons. The van der Waals surface area contributed by atoms with Crippen molar-refractivity contribution in [2.75, 3.05) is 34.4 Å². The summed E-state index contributed by atoms with van der Waals surface area (Å²) in [6, 6.07) is 4.64. The van der Waals surface area contributed by atoms with Crippen molar-refractivity contribution in [2.45, 2.75) is 58.4 Å². The number of nitrogens with one attached hydrogen (secondary N) is 1. The molecule has 2 amide bonds. The zero-order valence-corrected chi connectivity index (χ0v) is 19.4. The van der Waals surface area contributed by atoms with Crippen LogP contribution in [0.5, 0.6) is 11.5 Å². The van der Waals surface area contributed by atoms with E-state index in [1.165, 1.54) is 21.3 Å². The van der Waals surface area contributed by atoms with Gasteiger partial charge in [-0.2, -0.15) is 0 Å². The molecule has 0 aliphatic carbocycles. The second kappa shape index (κ2) is 14.3. The van der Waals surface area contributed by atoms with E-state index in [1.807, 2.05) is 18.7 Å². The topological polar surface area (TPSA) is 94.2 Å². The van der Waals surface area contributed by atoms with Crippen LogP contribution >= 0.6 is 0 Å². The van der Waals surface area contributed by atoms with Crippen molar-refractivity contribution < 1.29 is 28.6 Å². The number of benzene rings is 1. The van der Waals surface area contributed by atoms with E-state index >= 15 is 0 Å². The number of ether oxygens (including phenoxy) is 3. The van der Waals surface area contributed by atoms with Crippen LogP contribution in [0.25, 0.3) is 0 Å². The molecule has 0 saturated heterocycles. The number of rotatable bonds is 14. The van der Waals surface area contributed by atoms with E-state index in [9.17, 15) is 14.4 Å². The van der Waals surface area contributed by atoms with Gasteiger partial charge >= 0.3 is 5.97 Å². The lowest BCUT2D eigenvalue weighted by molar-refractivity contribution is -0.141. The molecule has 1 unspecified atom stereocenters. The van der Waals surface area contributed by atoms with Crippen LogP contribution in [0.15, 0.2) is 18.2 Å². The second-order valence-corrected chi connectivity index (χ2v) is 7.25. The summed E-state index contributed by atoms with van der Waals surface area (Å²) in [6.45, 7) is 5.55. The Balaban J connectivity index is 2.76. The number of carbonyl (C=O) groups excluding carboxylic acids is 3. The number of hydrogen-bond donors (Lipinski definition) is 1. The van der Waals surface area contributed by atoms with Crippen LogP contribution in [0.3, 0.4) is 0 Å². The minimum Gasteiger partial charge on any atom is -0.493 e. The molecule has 0 saturated carbocycles. The van der Waals surface area contributed by atoms with Crippen molar-refractivity contribution in [3.05, 3.63) is 23.8 Å². The molecule has 0 spiro atoms. The first-order valence-electron chi connectivity index (χ1n) is 10.8. The van der Waals surface area contributed by atoms with E-state index in [0.717, 1.165) is 25.9 Å². The maximum absolute atomic E-state index is 12.5. The number of nitrogens with zero attached hydrogens (tertiary/aromatic N) is 1. The van der Waals surface area contributed by atoms with Gasteiger partial charge in [0.15, 0.2) is 11.5 Å². The van der Waals surface area contributed by atoms with Gasteiger partial charge in [-0.1, -0.05) is 19.9 Å². The van der Waals surface area contributed by atoms with Crippen LogP contribution in [0.1, 0.15) is 64.0 Å². The van der Waals surface area contributed by atoms with Gasteiger partial charge in [0.2, 0.25) is 11.8 Å². The molecule has 8 heteroatoms. The summed E-state index contributed by atoms with van der Waals surface area (Å²) in [5.74, 6) is 0.458. The molecule has 0 aliphatic rings. The average molecular weight is 437 g/mol. The van der Waals surface area contributed by atoms with E-state index in [4.69, 9.17) is 14.2 Å². The molecule has 1 aromatic carbocycles. The molecule has 0 bridgehead atoms. The smallest absolute Gasteiger partial charge is 0.307 e. The van der Waals surface area contributed by atoms with Crippen molar-refractivity contribution >= 4 is 17.8 Å². The first kappa shape index (κ1) is 26.3. The van der Waals surface area contributed by atoms with Crippen LogP contribution in [-0.4, -0.2) is 57.1 Å². The predicted molar refractivity (Wildman–Crippen MR) is 118 cm³/mol. The van der Waals surface area contributed by atoms with Crippen molar-refractivity contribution in [3.63, 3.8) is 0 Å². The van der Waals surface area contributed by atoms with Crippen molar-refractivity contribution in [1.29, 1.82) is 0 Å². The third-order valence-electron chi connectivity index (χ3n) is 4.88. The quantitative estimate of drug-likeness (QED) is 0.450. The summed E-state index contributed by atoms with van der Waals surface area (Å²) in [5, 5.41) is 2.88. The van der Waals surface area contributed by atoms with Crippen LogP contribution in [0, 0.1) is 0 Å². The molecule has 1 N–H and O–H groups in total. The fourth-order valence-electron chi connectivity index (χ4n) is 3.30. The largest absolute Gasteiger partial charge is 0.493 e. The normalized spacial score (nSPS) is 11.4. The minimum atomic E-state index is -0.577. The SMILES string of the molecule is CCCN(CCC)C(=O)CCCC(=O)NC(CC(=O)OC)c1ccc(OC)c(OC)c1. The van der Waals surface area contributed by atoms with E-state index in [1.54, 1.807) is 18.2 Å². The molecule has 1 aromatic rings. The van der Waals surface area contributed by atoms with Gasteiger partial charge in [-0.25, -0.2) is 0 Å².